The minimum atomic E-state index is -0.919. The summed E-state index contributed by atoms with van der Waals surface area (Å²) in [4.78, 5) is 32.2. The van der Waals surface area contributed by atoms with Crippen LogP contribution in [0.4, 0.5) is 0 Å². The van der Waals surface area contributed by atoms with E-state index in [1.54, 1.807) is 12.1 Å². The van der Waals surface area contributed by atoms with Crippen LogP contribution in [0.15, 0.2) is 52.6 Å². The Balaban J connectivity index is 1.35. The number of hydrogen-bond acceptors (Lipinski definition) is 3. The summed E-state index contributed by atoms with van der Waals surface area (Å²) in [6.45, 7) is 7.56. The third kappa shape index (κ3) is 4.37. The molecule has 1 N–H and O–H groups in total. The first-order valence-corrected chi connectivity index (χ1v) is 12.8. The molecule has 0 bridgehead atoms. The molecule has 2 saturated carbocycles. The molecule has 1 amide bonds. The number of rotatable bonds is 6. The van der Waals surface area contributed by atoms with Crippen molar-refractivity contribution < 1.29 is 14.7 Å². The molecule has 1 spiro atoms. The number of amides is 1. The molecule has 3 aliphatic carbocycles. The summed E-state index contributed by atoms with van der Waals surface area (Å²) in [5, 5.41) is 9.17. The highest BCUT2D eigenvalue weighted by Gasteiger charge is 2.50. The molecule has 5 nitrogen and oxygen atoms in total. The molecule has 1 heterocycles. The van der Waals surface area contributed by atoms with E-state index in [0.717, 1.165) is 43.2 Å². The Bertz CT molecular complexity index is 1080. The van der Waals surface area contributed by atoms with Crippen molar-refractivity contribution in [3.05, 3.63) is 58.7 Å². The molecule has 0 atom stereocenters. The van der Waals surface area contributed by atoms with Gasteiger partial charge in [-0.1, -0.05) is 50.6 Å². The quantitative estimate of drug-likeness (QED) is 0.582. The number of carbonyl (C=O) groups is 2. The molecule has 1 aromatic carbocycles. The predicted molar refractivity (Wildman–Crippen MR) is 134 cm³/mol. The van der Waals surface area contributed by atoms with Crippen molar-refractivity contribution >= 4 is 17.6 Å². The zero-order valence-electron chi connectivity index (χ0n) is 20.6. The van der Waals surface area contributed by atoms with Gasteiger partial charge in [-0.15, -0.1) is 0 Å². The second-order valence-electron chi connectivity index (χ2n) is 11.7. The Morgan fingerprint density at radius 1 is 1.09 bits per heavy atom. The standard InChI is InChI=1S/C29H36N2O3/c1-28(2,3)24-12-15-29(16-13-24)30-25(23-11-10-22(18-23)20-8-9-20)26(32)31(29)17-14-19-4-6-21(7-5-19)27(33)34/h4-7,10-11,20,24H,8-9,12-18H2,1-3H3,(H,33,34). The lowest BCUT2D eigenvalue weighted by Crippen LogP contribution is -2.50. The van der Waals surface area contributed by atoms with E-state index in [0.29, 0.717) is 30.5 Å². The molecule has 0 unspecified atom stereocenters. The van der Waals surface area contributed by atoms with E-state index in [-0.39, 0.29) is 16.9 Å². The number of carboxylic acid groups (broad SMARTS) is 1. The number of benzene rings is 1. The molecule has 0 radical (unpaired) electrons. The Labute approximate surface area is 202 Å². The highest BCUT2D eigenvalue weighted by molar-refractivity contribution is 6.47. The van der Waals surface area contributed by atoms with E-state index >= 15 is 0 Å². The topological polar surface area (TPSA) is 70.0 Å². The number of nitrogens with zero attached hydrogens (tertiary/aromatic N) is 2. The smallest absolute Gasteiger partial charge is 0.335 e. The van der Waals surface area contributed by atoms with Gasteiger partial charge in [-0.05, 0) is 91.9 Å². The van der Waals surface area contributed by atoms with E-state index in [1.807, 2.05) is 17.0 Å². The van der Waals surface area contributed by atoms with E-state index in [2.05, 4.69) is 32.9 Å². The molecule has 2 fully saturated rings. The SMILES string of the molecule is CC(C)(C)C1CCC2(CC1)N=C(C1=CC=C(C3CC3)C1)C(=O)N2CCc1ccc(C(=O)O)cc1. The monoisotopic (exact) mass is 460 g/mol. The van der Waals surface area contributed by atoms with Crippen LogP contribution in [0.5, 0.6) is 0 Å². The molecular formula is C29H36N2O3. The number of carbonyl (C=O) groups excluding carboxylic acids is 1. The van der Waals surface area contributed by atoms with Crippen molar-refractivity contribution in [1.29, 1.82) is 0 Å². The molecule has 1 aliphatic heterocycles. The van der Waals surface area contributed by atoms with Gasteiger partial charge >= 0.3 is 5.97 Å². The minimum absolute atomic E-state index is 0.0769. The lowest BCUT2D eigenvalue weighted by molar-refractivity contribution is -0.129. The molecular weight excluding hydrogens is 424 g/mol. The van der Waals surface area contributed by atoms with Crippen LogP contribution in [0.3, 0.4) is 0 Å². The Morgan fingerprint density at radius 3 is 2.35 bits per heavy atom. The predicted octanol–water partition coefficient (Wildman–Crippen LogP) is 5.81. The number of aromatic carboxylic acids is 1. The molecule has 5 rings (SSSR count). The second kappa shape index (κ2) is 8.51. The van der Waals surface area contributed by atoms with Crippen LogP contribution < -0.4 is 0 Å². The van der Waals surface area contributed by atoms with Gasteiger partial charge in [-0.25, -0.2) is 4.79 Å². The fourth-order valence-electron chi connectivity index (χ4n) is 5.98. The van der Waals surface area contributed by atoms with Gasteiger partial charge in [0.1, 0.15) is 11.4 Å². The highest BCUT2D eigenvalue weighted by Crippen LogP contribution is 2.48. The van der Waals surface area contributed by atoms with Crippen LogP contribution in [-0.4, -0.2) is 39.8 Å². The van der Waals surface area contributed by atoms with Crippen molar-refractivity contribution in [2.24, 2.45) is 22.2 Å². The normalized spacial score (nSPS) is 27.1. The van der Waals surface area contributed by atoms with Crippen molar-refractivity contribution in [1.82, 2.24) is 4.90 Å². The van der Waals surface area contributed by atoms with Gasteiger partial charge in [-0.2, -0.15) is 0 Å². The van der Waals surface area contributed by atoms with Crippen molar-refractivity contribution in [3.8, 4) is 0 Å². The number of aliphatic imine (C=N–C) groups is 1. The van der Waals surface area contributed by atoms with Gasteiger partial charge in [0.05, 0.1) is 5.56 Å². The molecule has 4 aliphatic rings. The first-order valence-electron chi connectivity index (χ1n) is 12.8. The maximum absolute atomic E-state index is 13.8. The summed E-state index contributed by atoms with van der Waals surface area (Å²) in [6.07, 6.45) is 12.5. The van der Waals surface area contributed by atoms with Gasteiger partial charge in [-0.3, -0.25) is 9.79 Å². The van der Waals surface area contributed by atoms with Crippen LogP contribution in [0.2, 0.25) is 0 Å². The van der Waals surface area contributed by atoms with Gasteiger partial charge < -0.3 is 10.0 Å². The maximum atomic E-state index is 13.8. The fraction of sp³-hybridized carbons (Fsp3) is 0.552. The Hall–Kier alpha value is -2.69. The summed E-state index contributed by atoms with van der Waals surface area (Å²) in [5.74, 6) is 0.518. The van der Waals surface area contributed by atoms with Crippen LogP contribution >= 0.6 is 0 Å². The van der Waals surface area contributed by atoms with Crippen molar-refractivity contribution in [3.63, 3.8) is 0 Å². The van der Waals surface area contributed by atoms with Crippen LogP contribution in [-0.2, 0) is 11.2 Å². The zero-order valence-corrected chi connectivity index (χ0v) is 20.6. The molecule has 1 aromatic rings. The number of hydrogen-bond donors (Lipinski definition) is 1. The molecule has 180 valence electrons. The average molecular weight is 461 g/mol. The highest BCUT2D eigenvalue weighted by atomic mass is 16.4. The fourth-order valence-corrected chi connectivity index (χ4v) is 5.98. The van der Waals surface area contributed by atoms with Gasteiger partial charge in [0.25, 0.3) is 5.91 Å². The van der Waals surface area contributed by atoms with Gasteiger partial charge in [0, 0.05) is 6.54 Å². The van der Waals surface area contributed by atoms with Crippen LogP contribution in [0.25, 0.3) is 0 Å². The Morgan fingerprint density at radius 2 is 1.76 bits per heavy atom. The zero-order chi connectivity index (χ0) is 24.1. The number of carboxylic acids is 1. The van der Waals surface area contributed by atoms with Gasteiger partial charge in [0.15, 0.2) is 0 Å². The molecule has 0 aromatic heterocycles. The van der Waals surface area contributed by atoms with Crippen LogP contribution in [0, 0.1) is 17.3 Å². The first kappa shape index (κ1) is 23.1. The van der Waals surface area contributed by atoms with E-state index in [4.69, 9.17) is 10.1 Å². The average Bonchev–Trinajstić information content (AvgIpc) is 3.48. The van der Waals surface area contributed by atoms with Crippen molar-refractivity contribution in [2.75, 3.05) is 6.54 Å². The third-order valence-corrected chi connectivity index (χ3v) is 8.41. The maximum Gasteiger partial charge on any atom is 0.335 e. The lowest BCUT2D eigenvalue weighted by atomic mass is 9.69. The lowest BCUT2D eigenvalue weighted by Gasteiger charge is -2.45. The van der Waals surface area contributed by atoms with Crippen LogP contribution in [0.1, 0.15) is 81.6 Å². The summed E-state index contributed by atoms with van der Waals surface area (Å²) >= 11 is 0. The minimum Gasteiger partial charge on any atom is -0.478 e. The van der Waals surface area contributed by atoms with E-state index in [1.165, 1.54) is 18.4 Å². The van der Waals surface area contributed by atoms with E-state index in [9.17, 15) is 9.59 Å². The van der Waals surface area contributed by atoms with Gasteiger partial charge in [0.2, 0.25) is 0 Å². The summed E-state index contributed by atoms with van der Waals surface area (Å²) < 4.78 is 0. The molecule has 0 saturated heterocycles. The molecule has 5 heteroatoms. The summed E-state index contributed by atoms with van der Waals surface area (Å²) in [7, 11) is 0. The van der Waals surface area contributed by atoms with Crippen molar-refractivity contribution in [2.45, 2.75) is 77.8 Å². The first-order chi connectivity index (χ1) is 16.2. The Kier molecular flexibility index (Phi) is 5.78. The molecule has 34 heavy (non-hydrogen) atoms. The summed E-state index contributed by atoms with van der Waals surface area (Å²) in [6, 6.07) is 7.01. The second-order valence-corrected chi connectivity index (χ2v) is 11.7. The summed E-state index contributed by atoms with van der Waals surface area (Å²) in [5.41, 5.74) is 4.41. The van der Waals surface area contributed by atoms with E-state index < -0.39 is 11.6 Å². The largest absolute Gasteiger partial charge is 0.478 e. The third-order valence-electron chi connectivity index (χ3n) is 8.41. The number of allylic oxidation sites excluding steroid dienone is 3.